The number of guanidine groups is 1. The Kier molecular flexibility index (Phi) is 5.31. The number of likely N-dealkylation sites (tertiary alicyclic amines) is 1. The molecule has 2 fully saturated rings. The summed E-state index contributed by atoms with van der Waals surface area (Å²) in [7, 11) is 3.53. The Morgan fingerprint density at radius 3 is 2.93 bits per heavy atom. The highest BCUT2D eigenvalue weighted by molar-refractivity contribution is 7.13. The first-order valence-corrected chi connectivity index (χ1v) is 10.2. The minimum Gasteiger partial charge on any atom is -0.497 e. The molecule has 2 aliphatic rings. The summed E-state index contributed by atoms with van der Waals surface area (Å²) in [5, 5.41) is 6.60. The van der Waals surface area contributed by atoms with Gasteiger partial charge in [0.15, 0.2) is 5.96 Å². The van der Waals surface area contributed by atoms with Crippen molar-refractivity contribution in [2.45, 2.75) is 19.4 Å². The van der Waals surface area contributed by atoms with Gasteiger partial charge >= 0.3 is 0 Å². The van der Waals surface area contributed by atoms with Crippen LogP contribution in [-0.2, 0) is 11.3 Å². The molecule has 1 spiro atoms. The van der Waals surface area contributed by atoms with E-state index in [0.29, 0.717) is 12.0 Å². The fourth-order valence-electron chi connectivity index (χ4n) is 3.84. The average Bonchev–Trinajstić information content (AvgIpc) is 3.45. The van der Waals surface area contributed by atoms with Gasteiger partial charge in [0, 0.05) is 43.1 Å². The van der Waals surface area contributed by atoms with Crippen molar-refractivity contribution in [1.82, 2.24) is 15.2 Å². The number of methoxy groups -OCH3 is 1. The van der Waals surface area contributed by atoms with Crippen LogP contribution in [0.4, 0.5) is 0 Å². The summed E-state index contributed by atoms with van der Waals surface area (Å²) in [5.41, 5.74) is 2.48. The molecule has 0 aliphatic carbocycles. The number of nitrogens with zero attached hydrogens (tertiary/aromatic N) is 3. The van der Waals surface area contributed by atoms with E-state index in [1.165, 1.54) is 6.42 Å². The van der Waals surface area contributed by atoms with Gasteiger partial charge < -0.3 is 19.7 Å². The monoisotopic (exact) mass is 386 g/mol. The summed E-state index contributed by atoms with van der Waals surface area (Å²) >= 11 is 1.66. The van der Waals surface area contributed by atoms with Crippen molar-refractivity contribution < 1.29 is 9.47 Å². The van der Waals surface area contributed by atoms with Gasteiger partial charge in [0.25, 0.3) is 0 Å². The number of hydrogen-bond acceptors (Lipinski definition) is 5. The Hall–Kier alpha value is -2.12. The highest BCUT2D eigenvalue weighted by atomic mass is 32.1. The molecular formula is C20H26N4O2S. The molecule has 0 saturated carbocycles. The SMILES string of the molecule is CN=C(NCc1csc(-c2ccc(OC)cc2)n1)N1CCC2(CCOC2)C1. The molecule has 1 N–H and O–H groups in total. The largest absolute Gasteiger partial charge is 0.497 e. The predicted molar refractivity (Wildman–Crippen MR) is 108 cm³/mol. The fraction of sp³-hybridized carbons (Fsp3) is 0.500. The molecule has 2 saturated heterocycles. The topological polar surface area (TPSA) is 59.0 Å². The number of hydrogen-bond donors (Lipinski definition) is 1. The molecule has 4 rings (SSSR count). The van der Waals surface area contributed by atoms with E-state index in [2.05, 4.69) is 20.6 Å². The number of rotatable bonds is 4. The quantitative estimate of drug-likeness (QED) is 0.647. The second-order valence-electron chi connectivity index (χ2n) is 7.25. The van der Waals surface area contributed by atoms with E-state index < -0.39 is 0 Å². The number of ether oxygens (including phenoxy) is 2. The molecule has 0 bridgehead atoms. The van der Waals surface area contributed by atoms with Gasteiger partial charge in [-0.3, -0.25) is 4.99 Å². The number of aromatic nitrogens is 1. The lowest BCUT2D eigenvalue weighted by atomic mass is 9.87. The van der Waals surface area contributed by atoms with Crippen LogP contribution in [0.2, 0.25) is 0 Å². The molecule has 3 heterocycles. The van der Waals surface area contributed by atoms with Crippen LogP contribution in [0.3, 0.4) is 0 Å². The van der Waals surface area contributed by atoms with Crippen molar-refractivity contribution in [1.29, 1.82) is 0 Å². The van der Waals surface area contributed by atoms with Crippen LogP contribution < -0.4 is 10.1 Å². The standard InChI is InChI=1S/C20H26N4O2S/c1-21-19(24-9-7-20(13-24)8-10-26-14-20)22-11-16-12-27-18(23-16)15-3-5-17(25-2)6-4-15/h3-6,12H,7-11,13-14H2,1-2H3,(H,21,22). The van der Waals surface area contributed by atoms with Gasteiger partial charge in [-0.05, 0) is 37.1 Å². The maximum absolute atomic E-state index is 5.63. The minimum absolute atomic E-state index is 0.333. The molecule has 2 aromatic rings. The maximum atomic E-state index is 5.63. The Bertz CT molecular complexity index is 797. The van der Waals surface area contributed by atoms with Crippen LogP contribution in [0.5, 0.6) is 5.75 Å². The van der Waals surface area contributed by atoms with Gasteiger partial charge in [0.2, 0.25) is 0 Å². The summed E-state index contributed by atoms with van der Waals surface area (Å²) in [6.45, 7) is 4.53. The van der Waals surface area contributed by atoms with E-state index in [9.17, 15) is 0 Å². The molecule has 144 valence electrons. The van der Waals surface area contributed by atoms with E-state index in [1.807, 2.05) is 31.3 Å². The highest BCUT2D eigenvalue weighted by Crippen LogP contribution is 2.38. The van der Waals surface area contributed by atoms with Gasteiger partial charge in [-0.2, -0.15) is 0 Å². The first-order valence-electron chi connectivity index (χ1n) is 9.34. The van der Waals surface area contributed by atoms with Crippen LogP contribution >= 0.6 is 11.3 Å². The number of thiazole rings is 1. The molecule has 7 heteroatoms. The molecule has 1 aromatic carbocycles. The van der Waals surface area contributed by atoms with Gasteiger partial charge in [-0.1, -0.05) is 0 Å². The van der Waals surface area contributed by atoms with Gasteiger partial charge in [0.05, 0.1) is 26.0 Å². The van der Waals surface area contributed by atoms with Crippen molar-refractivity contribution in [2.24, 2.45) is 10.4 Å². The highest BCUT2D eigenvalue weighted by Gasteiger charge is 2.42. The lowest BCUT2D eigenvalue weighted by molar-refractivity contribution is 0.156. The summed E-state index contributed by atoms with van der Waals surface area (Å²) in [4.78, 5) is 11.6. The fourth-order valence-corrected chi connectivity index (χ4v) is 4.67. The Morgan fingerprint density at radius 1 is 1.37 bits per heavy atom. The van der Waals surface area contributed by atoms with Crippen molar-refractivity contribution in [3.05, 3.63) is 35.3 Å². The molecule has 1 unspecified atom stereocenters. The zero-order valence-corrected chi connectivity index (χ0v) is 16.7. The van der Waals surface area contributed by atoms with Gasteiger partial charge in [-0.25, -0.2) is 4.98 Å². The second-order valence-corrected chi connectivity index (χ2v) is 8.11. The van der Waals surface area contributed by atoms with Gasteiger partial charge in [0.1, 0.15) is 10.8 Å². The smallest absolute Gasteiger partial charge is 0.193 e. The van der Waals surface area contributed by atoms with E-state index in [4.69, 9.17) is 14.5 Å². The van der Waals surface area contributed by atoms with E-state index in [-0.39, 0.29) is 0 Å². The number of aliphatic imine (C=N–C) groups is 1. The summed E-state index contributed by atoms with van der Waals surface area (Å²) in [6.07, 6.45) is 2.35. The lowest BCUT2D eigenvalue weighted by Crippen LogP contribution is -2.41. The first-order chi connectivity index (χ1) is 13.2. The lowest BCUT2D eigenvalue weighted by Gasteiger charge is -2.24. The zero-order valence-electron chi connectivity index (χ0n) is 15.9. The van der Waals surface area contributed by atoms with E-state index >= 15 is 0 Å². The van der Waals surface area contributed by atoms with Crippen molar-refractivity contribution in [2.75, 3.05) is 40.5 Å². The Balaban J connectivity index is 1.36. The van der Waals surface area contributed by atoms with Crippen molar-refractivity contribution in [3.8, 4) is 16.3 Å². The first kappa shape index (κ1) is 18.3. The molecule has 2 aliphatic heterocycles. The summed E-state index contributed by atoms with van der Waals surface area (Å²) in [5.74, 6) is 1.81. The number of nitrogens with one attached hydrogen (secondary N) is 1. The molecule has 27 heavy (non-hydrogen) atoms. The molecule has 1 aromatic heterocycles. The Labute approximate surface area is 164 Å². The minimum atomic E-state index is 0.333. The third kappa shape index (κ3) is 3.94. The molecule has 1 atom stereocenters. The van der Waals surface area contributed by atoms with E-state index in [1.54, 1.807) is 18.4 Å². The normalized spacial score (nSPS) is 22.6. The Morgan fingerprint density at radius 2 is 2.22 bits per heavy atom. The average molecular weight is 387 g/mol. The maximum Gasteiger partial charge on any atom is 0.193 e. The number of benzene rings is 1. The summed E-state index contributed by atoms with van der Waals surface area (Å²) in [6, 6.07) is 8.02. The van der Waals surface area contributed by atoms with Gasteiger partial charge in [-0.15, -0.1) is 11.3 Å². The van der Waals surface area contributed by atoms with Crippen LogP contribution in [0.1, 0.15) is 18.5 Å². The van der Waals surface area contributed by atoms with Crippen LogP contribution in [0.25, 0.3) is 10.6 Å². The third-order valence-corrected chi connectivity index (χ3v) is 6.39. The van der Waals surface area contributed by atoms with Crippen molar-refractivity contribution >= 4 is 17.3 Å². The molecular weight excluding hydrogens is 360 g/mol. The van der Waals surface area contributed by atoms with Crippen LogP contribution in [0.15, 0.2) is 34.6 Å². The van der Waals surface area contributed by atoms with Crippen LogP contribution in [0, 0.1) is 5.41 Å². The molecule has 0 amide bonds. The second kappa shape index (κ2) is 7.86. The summed E-state index contributed by atoms with van der Waals surface area (Å²) < 4.78 is 10.8. The van der Waals surface area contributed by atoms with Crippen molar-refractivity contribution in [3.63, 3.8) is 0 Å². The molecule has 6 nitrogen and oxygen atoms in total. The predicted octanol–water partition coefficient (Wildman–Crippen LogP) is 3.01. The third-order valence-electron chi connectivity index (χ3n) is 5.45. The zero-order chi connectivity index (χ0) is 18.7. The van der Waals surface area contributed by atoms with Crippen LogP contribution in [-0.4, -0.2) is 56.3 Å². The van der Waals surface area contributed by atoms with E-state index in [0.717, 1.165) is 60.7 Å². The molecule has 0 radical (unpaired) electrons.